The number of nitrogens with one attached hydrogen (secondary N) is 1. The summed E-state index contributed by atoms with van der Waals surface area (Å²) in [5.74, 6) is 1.94. The number of thiocarbonyl (C=S) groups is 1. The van der Waals surface area contributed by atoms with E-state index < -0.39 is 0 Å². The lowest BCUT2D eigenvalue weighted by Gasteiger charge is -2.36. The highest BCUT2D eigenvalue weighted by molar-refractivity contribution is 7.80. The van der Waals surface area contributed by atoms with Gasteiger partial charge in [0.25, 0.3) is 0 Å². The first-order valence-electron chi connectivity index (χ1n) is 9.26. The Balaban J connectivity index is 1.51. The summed E-state index contributed by atoms with van der Waals surface area (Å²) in [4.78, 5) is 20.8. The number of pyridine rings is 1. The summed E-state index contributed by atoms with van der Waals surface area (Å²) < 4.78 is 10.5. The second-order valence-electron chi connectivity index (χ2n) is 6.40. The number of hydrogen-bond acceptors (Lipinski definition) is 6. The van der Waals surface area contributed by atoms with Crippen LogP contribution in [0, 0.1) is 0 Å². The van der Waals surface area contributed by atoms with Gasteiger partial charge in [0.2, 0.25) is 5.91 Å². The van der Waals surface area contributed by atoms with E-state index in [4.69, 9.17) is 21.7 Å². The zero-order chi connectivity index (χ0) is 20.6. The molecule has 0 unspecified atom stereocenters. The van der Waals surface area contributed by atoms with Gasteiger partial charge in [-0.25, -0.2) is 4.98 Å². The summed E-state index contributed by atoms with van der Waals surface area (Å²) >= 11 is 5.40. The number of rotatable bonds is 5. The van der Waals surface area contributed by atoms with Crippen molar-refractivity contribution < 1.29 is 14.3 Å². The van der Waals surface area contributed by atoms with Gasteiger partial charge in [0.1, 0.15) is 5.82 Å². The minimum Gasteiger partial charge on any atom is -0.493 e. The molecule has 0 saturated carbocycles. The Morgan fingerprint density at radius 3 is 2.52 bits per heavy atom. The summed E-state index contributed by atoms with van der Waals surface area (Å²) in [6.07, 6.45) is 4.95. The van der Waals surface area contributed by atoms with Crippen LogP contribution in [0.1, 0.15) is 5.56 Å². The molecule has 7 nitrogen and oxygen atoms in total. The summed E-state index contributed by atoms with van der Waals surface area (Å²) in [5, 5.41) is 3.20. The van der Waals surface area contributed by atoms with Crippen molar-refractivity contribution in [3.05, 3.63) is 54.2 Å². The van der Waals surface area contributed by atoms with Crippen LogP contribution >= 0.6 is 12.2 Å². The molecule has 29 heavy (non-hydrogen) atoms. The van der Waals surface area contributed by atoms with Gasteiger partial charge in [-0.1, -0.05) is 12.1 Å². The molecule has 2 heterocycles. The van der Waals surface area contributed by atoms with Crippen LogP contribution in [0.15, 0.2) is 48.7 Å². The lowest BCUT2D eigenvalue weighted by atomic mass is 10.2. The van der Waals surface area contributed by atoms with Gasteiger partial charge in [0.15, 0.2) is 16.6 Å². The number of carbonyl (C=O) groups is 1. The Hall–Kier alpha value is -3.13. The number of aromatic nitrogens is 1. The molecule has 1 fully saturated rings. The fourth-order valence-electron chi connectivity index (χ4n) is 3.03. The number of methoxy groups -OCH3 is 2. The quantitative estimate of drug-likeness (QED) is 0.597. The van der Waals surface area contributed by atoms with Crippen molar-refractivity contribution in [3.8, 4) is 11.5 Å². The maximum Gasteiger partial charge on any atom is 0.250 e. The molecule has 1 aliphatic rings. The molecule has 0 aliphatic carbocycles. The minimum absolute atomic E-state index is 0.267. The van der Waals surface area contributed by atoms with Crippen molar-refractivity contribution in [3.63, 3.8) is 0 Å². The largest absolute Gasteiger partial charge is 0.493 e. The van der Waals surface area contributed by atoms with Crippen molar-refractivity contribution >= 4 is 35.1 Å². The average molecular weight is 413 g/mol. The van der Waals surface area contributed by atoms with E-state index in [1.165, 1.54) is 6.08 Å². The van der Waals surface area contributed by atoms with Crippen molar-refractivity contribution in [2.75, 3.05) is 45.3 Å². The molecule has 0 atom stereocenters. The van der Waals surface area contributed by atoms with Crippen LogP contribution in [0.2, 0.25) is 0 Å². The molecule has 0 radical (unpaired) electrons. The molecule has 0 spiro atoms. The Morgan fingerprint density at radius 2 is 1.86 bits per heavy atom. The highest BCUT2D eigenvalue weighted by Crippen LogP contribution is 2.27. The smallest absolute Gasteiger partial charge is 0.250 e. The topological polar surface area (TPSA) is 66.9 Å². The third-order valence-corrected chi connectivity index (χ3v) is 4.97. The van der Waals surface area contributed by atoms with Crippen LogP contribution in [-0.2, 0) is 4.79 Å². The molecule has 1 aliphatic heterocycles. The van der Waals surface area contributed by atoms with Crippen LogP contribution in [-0.4, -0.2) is 61.3 Å². The van der Waals surface area contributed by atoms with Gasteiger partial charge in [-0.15, -0.1) is 0 Å². The van der Waals surface area contributed by atoms with E-state index >= 15 is 0 Å². The van der Waals surface area contributed by atoms with Gasteiger partial charge in [-0.3, -0.25) is 10.1 Å². The van der Waals surface area contributed by atoms with Crippen molar-refractivity contribution in [1.82, 2.24) is 15.2 Å². The molecule has 152 valence electrons. The van der Waals surface area contributed by atoms with E-state index in [9.17, 15) is 4.79 Å². The molecule has 3 rings (SSSR count). The first-order valence-corrected chi connectivity index (χ1v) is 9.67. The fraction of sp³-hybridized carbons (Fsp3) is 0.286. The number of carbonyl (C=O) groups excluding carboxylic acids is 1. The normalized spacial score (nSPS) is 14.0. The van der Waals surface area contributed by atoms with E-state index in [1.807, 2.05) is 29.2 Å². The second kappa shape index (κ2) is 9.88. The molecule has 1 aromatic heterocycles. The monoisotopic (exact) mass is 412 g/mol. The highest BCUT2D eigenvalue weighted by atomic mass is 32.1. The van der Waals surface area contributed by atoms with Gasteiger partial charge in [-0.05, 0) is 48.1 Å². The van der Waals surface area contributed by atoms with E-state index in [2.05, 4.69) is 15.2 Å². The van der Waals surface area contributed by atoms with Crippen molar-refractivity contribution in [2.45, 2.75) is 0 Å². The molecular weight excluding hydrogens is 388 g/mol. The van der Waals surface area contributed by atoms with E-state index in [0.29, 0.717) is 16.6 Å². The lowest BCUT2D eigenvalue weighted by Crippen LogP contribution is -2.52. The molecule has 0 bridgehead atoms. The first kappa shape index (κ1) is 20.6. The Bertz CT molecular complexity index is 881. The maximum absolute atomic E-state index is 12.2. The van der Waals surface area contributed by atoms with E-state index in [-0.39, 0.29) is 5.91 Å². The van der Waals surface area contributed by atoms with Gasteiger partial charge >= 0.3 is 0 Å². The number of amides is 1. The zero-order valence-corrected chi connectivity index (χ0v) is 17.3. The molecule has 1 amide bonds. The molecule has 1 aromatic carbocycles. The van der Waals surface area contributed by atoms with Gasteiger partial charge in [-0.2, -0.15) is 0 Å². The molecular formula is C21H24N4O3S. The Kier molecular flexibility index (Phi) is 7.02. The standard InChI is InChI=1S/C21H24N4O3S/c1-27-17-8-6-16(15-18(17)28-2)7-9-20(26)23-21(29)25-13-11-24(12-14-25)19-5-3-4-10-22-19/h3-10,15H,11-14H2,1-2H3,(H,23,26,29)/b9-7+. The number of anilines is 1. The summed E-state index contributed by atoms with van der Waals surface area (Å²) in [6, 6.07) is 11.3. The Morgan fingerprint density at radius 1 is 1.10 bits per heavy atom. The first-order chi connectivity index (χ1) is 14.1. The van der Waals surface area contributed by atoms with Crippen molar-refractivity contribution in [1.29, 1.82) is 0 Å². The highest BCUT2D eigenvalue weighted by Gasteiger charge is 2.20. The SMILES string of the molecule is COc1ccc(/C=C/C(=O)NC(=S)N2CCN(c3ccccn3)CC2)cc1OC. The third-order valence-electron chi connectivity index (χ3n) is 4.61. The molecule has 1 saturated heterocycles. The van der Waals surface area contributed by atoms with Crippen LogP contribution in [0.5, 0.6) is 11.5 Å². The second-order valence-corrected chi connectivity index (χ2v) is 6.79. The average Bonchev–Trinajstić information content (AvgIpc) is 2.78. The third kappa shape index (κ3) is 5.45. The van der Waals surface area contributed by atoms with Crippen LogP contribution in [0.4, 0.5) is 5.82 Å². The Labute approximate surface area is 175 Å². The number of nitrogens with zero attached hydrogens (tertiary/aromatic N) is 3. The van der Waals surface area contributed by atoms with Crippen LogP contribution in [0.25, 0.3) is 6.08 Å². The van der Waals surface area contributed by atoms with Crippen LogP contribution < -0.4 is 19.7 Å². The molecule has 8 heteroatoms. The number of ether oxygens (including phenoxy) is 2. The van der Waals surface area contributed by atoms with Crippen LogP contribution in [0.3, 0.4) is 0 Å². The van der Waals surface area contributed by atoms with E-state index in [1.54, 1.807) is 38.6 Å². The van der Waals surface area contributed by atoms with Gasteiger partial charge in [0.05, 0.1) is 14.2 Å². The van der Waals surface area contributed by atoms with E-state index in [0.717, 1.165) is 37.6 Å². The van der Waals surface area contributed by atoms with Gasteiger partial charge < -0.3 is 19.3 Å². The summed E-state index contributed by atoms with van der Waals surface area (Å²) in [5.41, 5.74) is 0.827. The summed E-state index contributed by atoms with van der Waals surface area (Å²) in [7, 11) is 3.15. The molecule has 1 N–H and O–H groups in total. The predicted octanol–water partition coefficient (Wildman–Crippen LogP) is 2.34. The van der Waals surface area contributed by atoms with Gasteiger partial charge in [0, 0.05) is 38.5 Å². The lowest BCUT2D eigenvalue weighted by molar-refractivity contribution is -0.115. The van der Waals surface area contributed by atoms with Crippen molar-refractivity contribution in [2.24, 2.45) is 0 Å². The summed E-state index contributed by atoms with van der Waals surface area (Å²) in [6.45, 7) is 3.06. The number of hydrogen-bond donors (Lipinski definition) is 1. The maximum atomic E-state index is 12.2. The fourth-order valence-corrected chi connectivity index (χ4v) is 3.32. The minimum atomic E-state index is -0.267. The number of piperazine rings is 1. The predicted molar refractivity (Wildman–Crippen MR) is 117 cm³/mol. The molecule has 2 aromatic rings. The zero-order valence-electron chi connectivity index (χ0n) is 16.5. The number of benzene rings is 1.